The molecule has 7 aliphatic rings. The average Bonchev–Trinajstić information content (AvgIpc) is 3.81. The Morgan fingerprint density at radius 3 is 1.88 bits per heavy atom. The third kappa shape index (κ3) is 8.35. The summed E-state index contributed by atoms with van der Waals surface area (Å²) in [6.45, 7) is 15.0. The van der Waals surface area contributed by atoms with Crippen molar-refractivity contribution in [3.05, 3.63) is 12.2 Å². The van der Waals surface area contributed by atoms with Gasteiger partial charge < -0.3 is 57.3 Å². The minimum Gasteiger partial charge on any atom is -0.504 e. The van der Waals surface area contributed by atoms with Crippen molar-refractivity contribution in [1.82, 2.24) is 0 Å². The summed E-state index contributed by atoms with van der Waals surface area (Å²) in [5.41, 5.74) is -1.65. The summed E-state index contributed by atoms with van der Waals surface area (Å²) in [4.78, 5) is 42.5. The van der Waals surface area contributed by atoms with Crippen LogP contribution in [-0.2, 0) is 61.4 Å². The van der Waals surface area contributed by atoms with E-state index in [0.717, 1.165) is 0 Å². The number of rotatable bonds is 3. The van der Waals surface area contributed by atoms with Gasteiger partial charge in [-0.2, -0.15) is 0 Å². The summed E-state index contributed by atoms with van der Waals surface area (Å²) in [7, 11) is 0. The van der Waals surface area contributed by atoms with E-state index in [2.05, 4.69) is 0 Å². The fourth-order valence-electron chi connectivity index (χ4n) is 10.4. The topological polar surface area (TPSA) is 184 Å². The van der Waals surface area contributed by atoms with Crippen LogP contribution < -0.4 is 0 Å². The van der Waals surface area contributed by atoms with Crippen molar-refractivity contribution < 1.29 is 71.6 Å². The smallest absolute Gasteiger partial charge is 0.504 e. The number of ether oxygens (including phenoxy) is 6. The Morgan fingerprint density at radius 2 is 1.32 bits per heavy atom. The first-order chi connectivity index (χ1) is 28.1. The number of hydrogen-bond donors (Lipinski definition) is 2. The highest BCUT2D eigenvalue weighted by Gasteiger charge is 2.73. The molecule has 16 heteroatoms. The summed E-state index contributed by atoms with van der Waals surface area (Å²) < 4.78 is 65.9. The van der Waals surface area contributed by atoms with E-state index in [-0.39, 0.29) is 12.5 Å². The molecule has 15 nitrogen and oxygen atoms in total. The highest BCUT2D eigenvalue weighted by molar-refractivity contribution is 6.56. The van der Waals surface area contributed by atoms with Gasteiger partial charge in [0.1, 0.15) is 18.3 Å². The Hall–Kier alpha value is -2.15. The molecule has 2 N–H and O–H groups in total. The number of aliphatic hydroxyl groups is 2. The summed E-state index contributed by atoms with van der Waals surface area (Å²) in [5.74, 6) is -7.23. The number of carbonyl (C=O) groups is 3. The fourth-order valence-corrected chi connectivity index (χ4v) is 10.4. The number of allylic oxidation sites excluding steroid dienone is 1. The normalized spacial score (nSPS) is 46.9. The Labute approximate surface area is 355 Å². The molecule has 0 aromatic heterocycles. The van der Waals surface area contributed by atoms with Crippen LogP contribution >= 0.6 is 0 Å². The highest BCUT2D eigenvalue weighted by atomic mass is 17.0. The third-order valence-electron chi connectivity index (χ3n) is 15.0. The maximum absolute atomic E-state index is 14.9. The average molecular weight is 850 g/mol. The SMILES string of the molecule is CC(C)C(=O)O[C@H](C)[C@@H]1C/C=C\CC[C@H](O)C(C)(C)[C@@H]2CC[C@@H](C)[C@]3(O2)O[B-]24O[C@@H](C(=O)O1)[C@@]1(O[C@@H](CC[C@H]1C)C(C)(C)[C@H](O)CCC[C@@H]1C[C@H](OC(=O)[C@@H]3O2)[C@@H](C)O1)O4. The Kier molecular flexibility index (Phi) is 13.1. The molecule has 1 unspecified atom stereocenters. The largest absolute Gasteiger partial charge is 0.536 e. The van der Waals surface area contributed by atoms with Gasteiger partial charge in [-0.3, -0.25) is 4.79 Å². The molecule has 0 radical (unpaired) electrons. The lowest BCUT2D eigenvalue weighted by Gasteiger charge is -2.52. The van der Waals surface area contributed by atoms with Crippen molar-refractivity contribution in [2.75, 3.05) is 0 Å². The molecule has 0 aliphatic carbocycles. The Bertz CT molecular complexity index is 1620. The molecule has 0 aromatic carbocycles. The molecule has 0 amide bonds. The van der Waals surface area contributed by atoms with Gasteiger partial charge in [-0.05, 0) is 71.6 Å². The zero-order valence-corrected chi connectivity index (χ0v) is 37.3. The van der Waals surface area contributed by atoms with Gasteiger partial charge in [-0.25, -0.2) is 9.59 Å². The number of fused-ring (bicyclic) bond motifs is 6. The first-order valence-electron chi connectivity index (χ1n) is 22.7. The molecule has 0 aromatic rings. The van der Waals surface area contributed by atoms with E-state index in [9.17, 15) is 24.6 Å². The van der Waals surface area contributed by atoms with Crippen molar-refractivity contribution in [1.29, 1.82) is 0 Å². The van der Waals surface area contributed by atoms with Crippen molar-refractivity contribution in [2.24, 2.45) is 28.6 Å². The van der Waals surface area contributed by atoms with E-state index in [0.29, 0.717) is 64.2 Å². The molecule has 16 atom stereocenters. The molecule has 60 heavy (non-hydrogen) atoms. The minimum absolute atomic E-state index is 0.183. The molecular formula is C44H70BO15-. The maximum atomic E-state index is 14.9. The molecular weight excluding hydrogens is 779 g/mol. The van der Waals surface area contributed by atoms with E-state index in [4.69, 9.17) is 47.0 Å². The molecule has 7 heterocycles. The second-order valence-corrected chi connectivity index (χ2v) is 20.3. The summed E-state index contributed by atoms with van der Waals surface area (Å²) >= 11 is 0. The van der Waals surface area contributed by atoms with Gasteiger partial charge in [-0.1, -0.05) is 67.5 Å². The predicted molar refractivity (Wildman–Crippen MR) is 215 cm³/mol. The quantitative estimate of drug-likeness (QED) is 0.156. The minimum atomic E-state index is -3.50. The third-order valence-corrected chi connectivity index (χ3v) is 15.0. The number of cyclic esters (lactones) is 1. The number of carbonyl (C=O) groups excluding carboxylic acids is 3. The molecule has 7 aliphatic heterocycles. The predicted octanol–water partition coefficient (Wildman–Crippen LogP) is 5.56. The van der Waals surface area contributed by atoms with Gasteiger partial charge in [0.25, 0.3) is 0 Å². The highest BCUT2D eigenvalue weighted by Crippen LogP contribution is 2.57. The van der Waals surface area contributed by atoms with Crippen LogP contribution in [0.25, 0.3) is 0 Å². The van der Waals surface area contributed by atoms with Crippen LogP contribution in [0.1, 0.15) is 140 Å². The molecule has 340 valence electrons. The van der Waals surface area contributed by atoms with Gasteiger partial charge in [0.15, 0.2) is 23.8 Å². The molecule has 0 saturated carbocycles. The number of aliphatic hydroxyl groups excluding tert-OH is 2. The molecule has 6 fully saturated rings. The monoisotopic (exact) mass is 849 g/mol. The lowest BCUT2D eigenvalue weighted by molar-refractivity contribution is -0.311. The number of hydrogen-bond acceptors (Lipinski definition) is 15. The second-order valence-electron chi connectivity index (χ2n) is 20.3. The molecule has 6 saturated heterocycles. The van der Waals surface area contributed by atoms with E-state index < -0.39 is 126 Å². The maximum Gasteiger partial charge on any atom is 0.536 e. The standard InChI is InChI=1S/C44H70BO15/c1-24(2)38(48)52-27(5)30-16-12-11-13-17-32(46)41(7,8)34-21-19-26(4)44(55-34)37-40(50)54-31-23-29(51-28(31)6)15-14-18-33(47)42(9,10)35-22-20-25(3)43(56-35)36(39(49)53-30)57-45(58-37,59-43)60-44/h11-12,24-37,46-47H,13-23H2,1-10H3/q-1/b12-11-/t25-,26-,27-,28-,29-,30+,31+,32+,33-,34+,35+,36+,37+,43+,44+,45?/m1/s1. The van der Waals surface area contributed by atoms with Crippen LogP contribution in [0.15, 0.2) is 12.2 Å². The fraction of sp³-hybridized carbons (Fsp3) is 0.886. The van der Waals surface area contributed by atoms with Crippen LogP contribution in [0.2, 0.25) is 0 Å². The zero-order chi connectivity index (χ0) is 43.6. The van der Waals surface area contributed by atoms with Crippen LogP contribution in [0.4, 0.5) is 0 Å². The van der Waals surface area contributed by atoms with Gasteiger partial charge in [0.2, 0.25) is 0 Å². The molecule has 9 bridgehead atoms. The summed E-state index contributed by atoms with van der Waals surface area (Å²) in [6, 6.07) is 0. The van der Waals surface area contributed by atoms with Gasteiger partial charge in [-0.15, -0.1) is 0 Å². The number of esters is 3. The first-order valence-corrected chi connectivity index (χ1v) is 22.7. The van der Waals surface area contributed by atoms with Crippen molar-refractivity contribution in [2.45, 2.75) is 219 Å². The van der Waals surface area contributed by atoms with E-state index in [1.807, 2.05) is 60.6 Å². The van der Waals surface area contributed by atoms with Gasteiger partial charge in [0.05, 0.1) is 42.5 Å². The lowest BCUT2D eigenvalue weighted by atomic mass is 9.73. The van der Waals surface area contributed by atoms with Crippen molar-refractivity contribution in [3.63, 3.8) is 0 Å². The molecule has 3 spiro atoms. The van der Waals surface area contributed by atoms with Gasteiger partial charge >= 0.3 is 24.9 Å². The van der Waals surface area contributed by atoms with E-state index in [1.165, 1.54) is 0 Å². The van der Waals surface area contributed by atoms with E-state index >= 15 is 0 Å². The first kappa shape index (κ1) is 45.9. The van der Waals surface area contributed by atoms with Crippen LogP contribution in [-0.4, -0.2) is 114 Å². The summed E-state index contributed by atoms with van der Waals surface area (Å²) in [5, 5.41) is 23.5. The Balaban J connectivity index is 1.37. The van der Waals surface area contributed by atoms with Crippen LogP contribution in [0.5, 0.6) is 0 Å². The molecule has 7 rings (SSSR count). The zero-order valence-electron chi connectivity index (χ0n) is 37.3. The van der Waals surface area contributed by atoms with Crippen molar-refractivity contribution in [3.8, 4) is 0 Å². The second kappa shape index (κ2) is 17.1. The van der Waals surface area contributed by atoms with Crippen LogP contribution in [0.3, 0.4) is 0 Å². The lowest BCUT2D eigenvalue weighted by Crippen LogP contribution is -2.61. The van der Waals surface area contributed by atoms with Crippen LogP contribution in [0, 0.1) is 28.6 Å². The van der Waals surface area contributed by atoms with Crippen molar-refractivity contribution >= 4 is 24.9 Å². The van der Waals surface area contributed by atoms with Gasteiger partial charge in [0, 0.05) is 35.5 Å². The van der Waals surface area contributed by atoms with E-state index in [1.54, 1.807) is 20.8 Å². The Morgan fingerprint density at radius 1 is 0.767 bits per heavy atom. The summed E-state index contributed by atoms with van der Waals surface area (Å²) in [6.07, 6.45) is 0.125.